The van der Waals surface area contributed by atoms with Gasteiger partial charge >= 0.3 is 5.97 Å². The third-order valence-corrected chi connectivity index (χ3v) is 3.72. The molecule has 0 saturated heterocycles. The highest BCUT2D eigenvalue weighted by molar-refractivity contribution is 5.85. The Morgan fingerprint density at radius 3 is 2.17 bits per heavy atom. The molecule has 0 aliphatic heterocycles. The van der Waals surface area contributed by atoms with Gasteiger partial charge in [0.15, 0.2) is 0 Å². The highest BCUT2D eigenvalue weighted by Crippen LogP contribution is 2.33. The van der Waals surface area contributed by atoms with E-state index in [-0.39, 0.29) is 6.42 Å². The van der Waals surface area contributed by atoms with Gasteiger partial charge in [0.25, 0.3) is 0 Å². The van der Waals surface area contributed by atoms with Crippen LogP contribution in [0.1, 0.15) is 56.4 Å². The number of carbonyl (C=O) groups is 1. The number of aryl methyl sites for hydroxylation is 1. The van der Waals surface area contributed by atoms with E-state index in [1.807, 2.05) is 58.0 Å². The minimum Gasteiger partial charge on any atom is -0.481 e. The van der Waals surface area contributed by atoms with Crippen LogP contribution in [0, 0.1) is 0 Å². The molecule has 0 atom stereocenters. The molecule has 2 nitrogen and oxygen atoms in total. The van der Waals surface area contributed by atoms with Crippen molar-refractivity contribution in [1.29, 1.82) is 0 Å². The van der Waals surface area contributed by atoms with E-state index in [1.165, 1.54) is 16.7 Å². The quantitative estimate of drug-likeness (QED) is 0.781. The second-order valence-corrected chi connectivity index (χ2v) is 5.04. The molecule has 0 unspecified atom stereocenters. The maximum atomic E-state index is 11.0. The minimum absolute atomic E-state index is 0.0652. The van der Waals surface area contributed by atoms with Crippen molar-refractivity contribution in [1.82, 2.24) is 0 Å². The summed E-state index contributed by atoms with van der Waals surface area (Å²) in [7, 11) is 0. The second-order valence-electron chi connectivity index (χ2n) is 5.04. The molecule has 2 heteroatoms. The van der Waals surface area contributed by atoms with E-state index in [9.17, 15) is 4.79 Å². The van der Waals surface area contributed by atoms with Crippen molar-refractivity contribution in [2.45, 2.75) is 47.0 Å². The van der Waals surface area contributed by atoms with Gasteiger partial charge in [-0.3, -0.25) is 4.79 Å². The predicted octanol–water partition coefficient (Wildman–Crippen LogP) is 5.74. The molecule has 0 saturated carbocycles. The molecule has 0 heterocycles. The first kappa shape index (κ1) is 19.7. The molecule has 0 spiro atoms. The molecule has 1 N–H and O–H groups in total. The largest absolute Gasteiger partial charge is 0.481 e. The summed E-state index contributed by atoms with van der Waals surface area (Å²) in [5.41, 5.74) is 5.67. The van der Waals surface area contributed by atoms with E-state index in [1.54, 1.807) is 0 Å². The van der Waals surface area contributed by atoms with Crippen LogP contribution in [-0.4, -0.2) is 11.1 Å². The number of hydrogen-bond donors (Lipinski definition) is 1. The molecule has 128 valence electrons. The molecule has 3 rings (SSSR count). The summed E-state index contributed by atoms with van der Waals surface area (Å²) in [5.74, 6) is -0.790. The van der Waals surface area contributed by atoms with Crippen LogP contribution in [0.3, 0.4) is 0 Å². The summed E-state index contributed by atoms with van der Waals surface area (Å²) in [6.07, 6.45) is 4.35. The minimum atomic E-state index is -0.790. The lowest BCUT2D eigenvalue weighted by Gasteiger charge is -2.20. The number of carboxylic acids is 1. The molecule has 2 aromatic carbocycles. The fourth-order valence-corrected chi connectivity index (χ4v) is 2.84. The number of hydrogen-bond acceptors (Lipinski definition) is 1. The number of carboxylic acid groups (broad SMARTS) is 1. The Bertz CT molecular complexity index is 684. The van der Waals surface area contributed by atoms with Crippen LogP contribution in [0.25, 0.3) is 5.57 Å². The van der Waals surface area contributed by atoms with Gasteiger partial charge in [-0.25, -0.2) is 0 Å². The molecule has 1 aliphatic rings. The Morgan fingerprint density at radius 2 is 1.50 bits per heavy atom. The van der Waals surface area contributed by atoms with Gasteiger partial charge in [0.05, 0.1) is 6.42 Å². The van der Waals surface area contributed by atoms with E-state index in [0.717, 1.165) is 24.0 Å². The Hall–Kier alpha value is -2.35. The summed E-state index contributed by atoms with van der Waals surface area (Å²) in [6.45, 7) is 8.00. The van der Waals surface area contributed by atoms with Crippen molar-refractivity contribution in [3.8, 4) is 0 Å². The Kier molecular flexibility index (Phi) is 8.56. The van der Waals surface area contributed by atoms with E-state index < -0.39 is 5.97 Å². The van der Waals surface area contributed by atoms with Crippen molar-refractivity contribution in [2.75, 3.05) is 0 Å². The first-order valence-electron chi connectivity index (χ1n) is 8.84. The summed E-state index contributed by atoms with van der Waals surface area (Å²) < 4.78 is 0. The van der Waals surface area contributed by atoms with Crippen LogP contribution in [0.15, 0.2) is 54.6 Å². The molecule has 0 radical (unpaired) electrons. The van der Waals surface area contributed by atoms with E-state index in [2.05, 4.69) is 24.3 Å². The highest BCUT2D eigenvalue weighted by Gasteiger charge is 2.16. The van der Waals surface area contributed by atoms with Crippen LogP contribution in [0.2, 0.25) is 0 Å². The zero-order valence-electron chi connectivity index (χ0n) is 15.2. The Morgan fingerprint density at radius 1 is 0.917 bits per heavy atom. The maximum absolute atomic E-state index is 11.0. The van der Waals surface area contributed by atoms with Crippen LogP contribution in [0.4, 0.5) is 0 Å². The smallest absolute Gasteiger partial charge is 0.307 e. The molecule has 0 fully saturated rings. The average molecular weight is 324 g/mol. The lowest BCUT2D eigenvalue weighted by Crippen LogP contribution is -2.06. The summed E-state index contributed by atoms with van der Waals surface area (Å²) >= 11 is 0. The fourth-order valence-electron chi connectivity index (χ4n) is 2.84. The third kappa shape index (κ3) is 4.82. The second kappa shape index (κ2) is 10.4. The van der Waals surface area contributed by atoms with Crippen molar-refractivity contribution in [3.63, 3.8) is 0 Å². The predicted molar refractivity (Wildman–Crippen MR) is 102 cm³/mol. The zero-order chi connectivity index (χ0) is 17.9. The monoisotopic (exact) mass is 324 g/mol. The third-order valence-electron chi connectivity index (χ3n) is 3.72. The first-order valence-corrected chi connectivity index (χ1v) is 8.84. The van der Waals surface area contributed by atoms with Crippen molar-refractivity contribution in [2.24, 2.45) is 0 Å². The molecular weight excluding hydrogens is 296 g/mol. The zero-order valence-corrected chi connectivity index (χ0v) is 15.2. The van der Waals surface area contributed by atoms with Crippen molar-refractivity contribution < 1.29 is 9.90 Å². The van der Waals surface area contributed by atoms with E-state index in [0.29, 0.717) is 0 Å². The van der Waals surface area contributed by atoms with Gasteiger partial charge in [-0.1, -0.05) is 82.3 Å². The standard InChI is InChI=1S/C18H16O2.2C2H6/c19-18(20)12-14-7-2-4-10-16(14)17-11-5-8-13-6-1-3-9-15(13)17;2*1-2/h1-4,6-7,9-11H,5,8,12H2,(H,19,20);2*1-2H3. The molecule has 0 aromatic heterocycles. The molecule has 24 heavy (non-hydrogen) atoms. The van der Waals surface area contributed by atoms with Gasteiger partial charge in [-0.2, -0.15) is 0 Å². The number of allylic oxidation sites excluding steroid dienone is 1. The topological polar surface area (TPSA) is 37.3 Å². The summed E-state index contributed by atoms with van der Waals surface area (Å²) in [4.78, 5) is 11.0. The van der Waals surface area contributed by atoms with Gasteiger partial charge in [0.1, 0.15) is 0 Å². The molecule has 1 aliphatic carbocycles. The summed E-state index contributed by atoms with van der Waals surface area (Å²) in [5, 5.41) is 9.07. The fraction of sp³-hybridized carbons (Fsp3) is 0.318. The van der Waals surface area contributed by atoms with Crippen LogP contribution >= 0.6 is 0 Å². The van der Waals surface area contributed by atoms with Crippen LogP contribution < -0.4 is 0 Å². The van der Waals surface area contributed by atoms with Crippen LogP contribution in [0.5, 0.6) is 0 Å². The first-order chi connectivity index (χ1) is 11.8. The number of fused-ring (bicyclic) bond motifs is 1. The van der Waals surface area contributed by atoms with Crippen molar-refractivity contribution >= 4 is 11.5 Å². The Balaban J connectivity index is 0.000000671. The normalized spacial score (nSPS) is 11.8. The molecule has 0 bridgehead atoms. The van der Waals surface area contributed by atoms with Crippen LogP contribution in [-0.2, 0) is 17.6 Å². The number of benzene rings is 2. The number of aliphatic carboxylic acids is 1. The molecular formula is C22H28O2. The molecule has 2 aromatic rings. The van der Waals surface area contributed by atoms with Gasteiger partial charge in [0, 0.05) is 0 Å². The SMILES string of the molecule is CC.CC.O=C(O)Cc1ccccc1C1=CCCc2ccccc21. The van der Waals surface area contributed by atoms with E-state index >= 15 is 0 Å². The highest BCUT2D eigenvalue weighted by atomic mass is 16.4. The maximum Gasteiger partial charge on any atom is 0.307 e. The molecule has 0 amide bonds. The lowest BCUT2D eigenvalue weighted by molar-refractivity contribution is -0.136. The van der Waals surface area contributed by atoms with Gasteiger partial charge in [-0.05, 0) is 40.7 Å². The van der Waals surface area contributed by atoms with Gasteiger partial charge < -0.3 is 5.11 Å². The van der Waals surface area contributed by atoms with Crippen molar-refractivity contribution in [3.05, 3.63) is 76.9 Å². The Labute approximate surface area is 145 Å². The van der Waals surface area contributed by atoms with Gasteiger partial charge in [-0.15, -0.1) is 0 Å². The number of rotatable bonds is 3. The van der Waals surface area contributed by atoms with Gasteiger partial charge in [0.2, 0.25) is 0 Å². The summed E-state index contributed by atoms with van der Waals surface area (Å²) in [6, 6.07) is 16.2. The lowest BCUT2D eigenvalue weighted by atomic mass is 9.85. The average Bonchev–Trinajstić information content (AvgIpc) is 2.65. The van der Waals surface area contributed by atoms with E-state index in [4.69, 9.17) is 5.11 Å².